The minimum Gasteiger partial charge on any atom is -0.454 e. The van der Waals surface area contributed by atoms with Gasteiger partial charge in [-0.15, -0.1) is 0 Å². The fourth-order valence-electron chi connectivity index (χ4n) is 2.59. The summed E-state index contributed by atoms with van der Waals surface area (Å²) in [5.41, 5.74) is 1.23. The van der Waals surface area contributed by atoms with E-state index in [0.29, 0.717) is 11.4 Å². The van der Waals surface area contributed by atoms with E-state index < -0.39 is 36.2 Å². The quantitative estimate of drug-likeness (QED) is 0.559. The molecule has 8 nitrogen and oxygen atoms in total. The lowest BCUT2D eigenvalue weighted by Gasteiger charge is -2.20. The number of amides is 3. The lowest BCUT2D eigenvalue weighted by atomic mass is 10.0. The van der Waals surface area contributed by atoms with Crippen molar-refractivity contribution in [3.05, 3.63) is 59.9 Å². The third-order valence-corrected chi connectivity index (χ3v) is 4.15. The smallest absolute Gasteiger partial charge is 0.329 e. The first kappa shape index (κ1) is 23.5. The van der Waals surface area contributed by atoms with E-state index in [1.807, 2.05) is 0 Å². The van der Waals surface area contributed by atoms with Gasteiger partial charge in [0.1, 0.15) is 11.9 Å². The molecule has 0 unspecified atom stereocenters. The number of hydrogen-bond donors (Lipinski definition) is 3. The molecule has 0 bridgehead atoms. The third kappa shape index (κ3) is 7.54. The zero-order valence-corrected chi connectivity index (χ0v) is 17.4. The standard InChI is InChI=1S/C22H24FN3O5/c1-13(2)20(26-21(29)15-4-6-16(23)7-5-15)22(30)31-12-19(28)25-18-10-8-17(9-11-18)24-14(3)27/h4-11,13,20H,12H2,1-3H3,(H,24,27)(H,25,28)(H,26,29)/t20-/m1/s1. The second kappa shape index (κ2) is 10.9. The lowest BCUT2D eigenvalue weighted by Crippen LogP contribution is -2.45. The summed E-state index contributed by atoms with van der Waals surface area (Å²) < 4.78 is 18.1. The maximum atomic E-state index is 13.0. The Morgan fingerprint density at radius 3 is 1.97 bits per heavy atom. The number of carbonyl (C=O) groups is 4. The minimum absolute atomic E-state index is 0.195. The molecule has 2 aromatic carbocycles. The van der Waals surface area contributed by atoms with Crippen LogP contribution < -0.4 is 16.0 Å². The number of hydrogen-bond acceptors (Lipinski definition) is 5. The Hall–Kier alpha value is -3.75. The maximum absolute atomic E-state index is 13.0. The summed E-state index contributed by atoms with van der Waals surface area (Å²) in [6.45, 7) is 4.28. The second-order valence-electron chi connectivity index (χ2n) is 7.12. The van der Waals surface area contributed by atoms with Crippen molar-refractivity contribution < 1.29 is 28.3 Å². The number of rotatable bonds is 8. The molecular weight excluding hydrogens is 405 g/mol. The van der Waals surface area contributed by atoms with Gasteiger partial charge in [-0.1, -0.05) is 13.8 Å². The molecule has 2 aromatic rings. The number of benzene rings is 2. The monoisotopic (exact) mass is 429 g/mol. The summed E-state index contributed by atoms with van der Waals surface area (Å²) in [6, 6.07) is 10.3. The predicted molar refractivity (Wildman–Crippen MR) is 113 cm³/mol. The van der Waals surface area contributed by atoms with Crippen molar-refractivity contribution in [1.29, 1.82) is 0 Å². The zero-order valence-electron chi connectivity index (χ0n) is 17.4. The third-order valence-electron chi connectivity index (χ3n) is 4.15. The van der Waals surface area contributed by atoms with Crippen LogP contribution in [0.4, 0.5) is 15.8 Å². The van der Waals surface area contributed by atoms with Crippen LogP contribution in [0.1, 0.15) is 31.1 Å². The lowest BCUT2D eigenvalue weighted by molar-refractivity contribution is -0.150. The fourth-order valence-corrected chi connectivity index (χ4v) is 2.59. The molecule has 164 valence electrons. The van der Waals surface area contributed by atoms with Crippen LogP contribution in [0.5, 0.6) is 0 Å². The highest BCUT2D eigenvalue weighted by Gasteiger charge is 2.26. The van der Waals surface area contributed by atoms with Crippen molar-refractivity contribution in [3.63, 3.8) is 0 Å². The average Bonchev–Trinajstić information content (AvgIpc) is 2.71. The molecule has 0 heterocycles. The molecule has 0 aliphatic heterocycles. The molecule has 0 aromatic heterocycles. The van der Waals surface area contributed by atoms with Gasteiger partial charge in [-0.05, 0) is 54.4 Å². The van der Waals surface area contributed by atoms with E-state index in [-0.39, 0.29) is 17.4 Å². The summed E-state index contributed by atoms with van der Waals surface area (Å²) in [7, 11) is 0. The molecule has 3 amide bonds. The van der Waals surface area contributed by atoms with E-state index in [0.717, 1.165) is 12.1 Å². The Balaban J connectivity index is 1.89. The van der Waals surface area contributed by atoms with Gasteiger partial charge in [0.2, 0.25) is 5.91 Å². The van der Waals surface area contributed by atoms with Gasteiger partial charge in [-0.2, -0.15) is 0 Å². The van der Waals surface area contributed by atoms with E-state index in [1.165, 1.54) is 19.1 Å². The zero-order chi connectivity index (χ0) is 23.0. The minimum atomic E-state index is -0.984. The van der Waals surface area contributed by atoms with Crippen molar-refractivity contribution in [1.82, 2.24) is 5.32 Å². The molecule has 0 aliphatic carbocycles. The van der Waals surface area contributed by atoms with Crippen LogP contribution in [0, 0.1) is 11.7 Å². The SMILES string of the molecule is CC(=O)Nc1ccc(NC(=O)COC(=O)[C@H](NC(=O)c2ccc(F)cc2)C(C)C)cc1. The molecule has 3 N–H and O–H groups in total. The van der Waals surface area contributed by atoms with Crippen LogP contribution >= 0.6 is 0 Å². The van der Waals surface area contributed by atoms with Gasteiger partial charge in [0.25, 0.3) is 11.8 Å². The normalized spacial score (nSPS) is 11.4. The molecule has 0 fully saturated rings. The highest BCUT2D eigenvalue weighted by Crippen LogP contribution is 2.13. The Bertz CT molecular complexity index is 943. The van der Waals surface area contributed by atoms with E-state index >= 15 is 0 Å². The molecular formula is C22H24FN3O5. The highest BCUT2D eigenvalue weighted by atomic mass is 19.1. The second-order valence-corrected chi connectivity index (χ2v) is 7.12. The van der Waals surface area contributed by atoms with Crippen molar-refractivity contribution in [3.8, 4) is 0 Å². The summed E-state index contributed by atoms with van der Waals surface area (Å²) in [4.78, 5) is 47.8. The molecule has 1 atom stereocenters. The van der Waals surface area contributed by atoms with Gasteiger partial charge in [-0.3, -0.25) is 14.4 Å². The number of anilines is 2. The first-order chi connectivity index (χ1) is 14.7. The number of carbonyl (C=O) groups excluding carboxylic acids is 4. The Morgan fingerprint density at radius 2 is 1.45 bits per heavy atom. The van der Waals surface area contributed by atoms with E-state index in [9.17, 15) is 23.6 Å². The van der Waals surface area contributed by atoms with Gasteiger partial charge in [0.15, 0.2) is 6.61 Å². The Labute approximate surface area is 179 Å². The molecule has 0 radical (unpaired) electrons. The van der Waals surface area contributed by atoms with Gasteiger partial charge >= 0.3 is 5.97 Å². The van der Waals surface area contributed by atoms with Gasteiger partial charge in [0.05, 0.1) is 0 Å². The van der Waals surface area contributed by atoms with Crippen molar-refractivity contribution >= 4 is 35.1 Å². The summed E-state index contributed by atoms with van der Waals surface area (Å²) >= 11 is 0. The van der Waals surface area contributed by atoms with Crippen LogP contribution in [-0.4, -0.2) is 36.3 Å². The maximum Gasteiger partial charge on any atom is 0.329 e. The van der Waals surface area contributed by atoms with Gasteiger partial charge < -0.3 is 20.7 Å². The van der Waals surface area contributed by atoms with Crippen LogP contribution in [-0.2, 0) is 19.1 Å². The highest BCUT2D eigenvalue weighted by molar-refractivity contribution is 5.97. The summed E-state index contributed by atoms with van der Waals surface area (Å²) in [5.74, 6) is -2.88. The first-order valence-corrected chi connectivity index (χ1v) is 9.56. The van der Waals surface area contributed by atoms with E-state index in [2.05, 4.69) is 16.0 Å². The average molecular weight is 429 g/mol. The van der Waals surface area contributed by atoms with Crippen LogP contribution in [0.2, 0.25) is 0 Å². The topological polar surface area (TPSA) is 114 Å². The van der Waals surface area contributed by atoms with Crippen molar-refractivity contribution in [2.75, 3.05) is 17.2 Å². The van der Waals surface area contributed by atoms with Crippen molar-refractivity contribution in [2.45, 2.75) is 26.8 Å². The van der Waals surface area contributed by atoms with E-state index in [1.54, 1.807) is 38.1 Å². The van der Waals surface area contributed by atoms with Crippen LogP contribution in [0.25, 0.3) is 0 Å². The summed E-state index contributed by atoms with van der Waals surface area (Å²) in [6.07, 6.45) is 0. The molecule has 0 saturated heterocycles. The molecule has 0 saturated carbocycles. The van der Waals surface area contributed by atoms with E-state index in [4.69, 9.17) is 4.74 Å². The number of esters is 1. The largest absolute Gasteiger partial charge is 0.454 e. The molecule has 9 heteroatoms. The van der Waals surface area contributed by atoms with Crippen molar-refractivity contribution in [2.24, 2.45) is 5.92 Å². The number of ether oxygens (including phenoxy) is 1. The fraction of sp³-hybridized carbons (Fsp3) is 0.273. The molecule has 2 rings (SSSR count). The first-order valence-electron chi connectivity index (χ1n) is 9.56. The van der Waals surface area contributed by atoms with Gasteiger partial charge in [0, 0.05) is 23.9 Å². The Morgan fingerprint density at radius 1 is 0.903 bits per heavy atom. The predicted octanol–water partition coefficient (Wildman–Crippen LogP) is 2.72. The number of halogens is 1. The number of nitrogens with one attached hydrogen (secondary N) is 3. The van der Waals surface area contributed by atoms with Crippen LogP contribution in [0.15, 0.2) is 48.5 Å². The summed E-state index contributed by atoms with van der Waals surface area (Å²) in [5, 5.41) is 7.72. The molecule has 0 spiro atoms. The Kier molecular flexibility index (Phi) is 8.25. The molecule has 31 heavy (non-hydrogen) atoms. The molecule has 0 aliphatic rings. The van der Waals surface area contributed by atoms with Gasteiger partial charge in [-0.25, -0.2) is 9.18 Å². The van der Waals surface area contributed by atoms with Crippen LogP contribution in [0.3, 0.4) is 0 Å².